The summed E-state index contributed by atoms with van der Waals surface area (Å²) >= 11 is 0. The van der Waals surface area contributed by atoms with Gasteiger partial charge in [-0.1, -0.05) is 87.6 Å². The average Bonchev–Trinajstić information content (AvgIpc) is 2.55. The van der Waals surface area contributed by atoms with Crippen molar-refractivity contribution in [2.75, 3.05) is 0 Å². The largest absolute Gasteiger partial charge is 0.335 e. The smallest absolute Gasteiger partial charge is 0.315 e. The van der Waals surface area contributed by atoms with Gasteiger partial charge in [0.25, 0.3) is 0 Å². The van der Waals surface area contributed by atoms with Crippen LogP contribution in [-0.2, 0) is 6.54 Å². The SMILES string of the molecule is Cc1cccc(CNC(=O)NC2CCCCCCCCCCC2)c1. The molecular weight excluding hydrogens is 296 g/mol. The number of nitrogens with one attached hydrogen (secondary N) is 2. The molecule has 1 fully saturated rings. The topological polar surface area (TPSA) is 41.1 Å². The molecule has 0 aliphatic heterocycles. The lowest BCUT2D eigenvalue weighted by Gasteiger charge is -2.20. The van der Waals surface area contributed by atoms with E-state index < -0.39 is 0 Å². The molecule has 1 aromatic carbocycles. The van der Waals surface area contributed by atoms with Gasteiger partial charge in [0.15, 0.2) is 0 Å². The van der Waals surface area contributed by atoms with E-state index in [0.717, 1.165) is 18.4 Å². The van der Waals surface area contributed by atoms with E-state index in [1.165, 1.54) is 63.4 Å². The van der Waals surface area contributed by atoms with Crippen LogP contribution in [0.5, 0.6) is 0 Å². The third kappa shape index (κ3) is 7.85. The first-order chi connectivity index (χ1) is 11.7. The van der Waals surface area contributed by atoms with Gasteiger partial charge in [-0.05, 0) is 25.3 Å². The summed E-state index contributed by atoms with van der Waals surface area (Å²) in [6, 6.07) is 8.61. The molecule has 0 unspecified atom stereocenters. The first kappa shape index (κ1) is 18.8. The average molecular weight is 331 g/mol. The van der Waals surface area contributed by atoms with E-state index in [2.05, 4.69) is 35.8 Å². The van der Waals surface area contributed by atoms with Crippen LogP contribution in [0.1, 0.15) is 81.8 Å². The van der Waals surface area contributed by atoms with E-state index in [4.69, 9.17) is 0 Å². The molecule has 2 amide bonds. The van der Waals surface area contributed by atoms with Crippen LogP contribution in [-0.4, -0.2) is 12.1 Å². The quantitative estimate of drug-likeness (QED) is 0.758. The first-order valence-electron chi connectivity index (χ1n) is 9.84. The van der Waals surface area contributed by atoms with Gasteiger partial charge in [0.05, 0.1) is 0 Å². The molecule has 0 bridgehead atoms. The van der Waals surface area contributed by atoms with Gasteiger partial charge in [0, 0.05) is 12.6 Å². The van der Waals surface area contributed by atoms with Crippen LogP contribution in [0.15, 0.2) is 24.3 Å². The zero-order valence-electron chi connectivity index (χ0n) is 15.3. The van der Waals surface area contributed by atoms with Crippen molar-refractivity contribution in [2.24, 2.45) is 0 Å². The summed E-state index contributed by atoms with van der Waals surface area (Å²) < 4.78 is 0. The van der Waals surface area contributed by atoms with Gasteiger partial charge >= 0.3 is 6.03 Å². The van der Waals surface area contributed by atoms with Gasteiger partial charge < -0.3 is 10.6 Å². The predicted molar refractivity (Wildman–Crippen MR) is 101 cm³/mol. The number of hydrogen-bond donors (Lipinski definition) is 2. The Hall–Kier alpha value is -1.51. The molecule has 3 heteroatoms. The van der Waals surface area contributed by atoms with Gasteiger partial charge in [-0.3, -0.25) is 0 Å². The highest BCUT2D eigenvalue weighted by atomic mass is 16.2. The number of benzene rings is 1. The Bertz CT molecular complexity index is 474. The minimum atomic E-state index is -0.0198. The van der Waals surface area contributed by atoms with Crippen LogP contribution in [0.25, 0.3) is 0 Å². The minimum Gasteiger partial charge on any atom is -0.335 e. The van der Waals surface area contributed by atoms with E-state index >= 15 is 0 Å². The highest BCUT2D eigenvalue weighted by molar-refractivity contribution is 5.74. The zero-order chi connectivity index (χ0) is 17.0. The Kier molecular flexibility index (Phi) is 8.72. The van der Waals surface area contributed by atoms with Gasteiger partial charge in [-0.2, -0.15) is 0 Å². The summed E-state index contributed by atoms with van der Waals surface area (Å²) in [5.41, 5.74) is 2.39. The van der Waals surface area contributed by atoms with Gasteiger partial charge in [-0.15, -0.1) is 0 Å². The van der Waals surface area contributed by atoms with Gasteiger partial charge in [-0.25, -0.2) is 4.79 Å². The molecule has 0 aromatic heterocycles. The van der Waals surface area contributed by atoms with Crippen LogP contribution in [0.2, 0.25) is 0 Å². The molecule has 0 spiro atoms. The second-order valence-corrected chi connectivity index (χ2v) is 7.27. The van der Waals surface area contributed by atoms with Crippen LogP contribution in [0.4, 0.5) is 4.79 Å². The lowest BCUT2D eigenvalue weighted by molar-refractivity contribution is 0.234. The fourth-order valence-electron chi connectivity index (χ4n) is 3.55. The first-order valence-corrected chi connectivity index (χ1v) is 9.84. The summed E-state index contributed by atoms with van der Waals surface area (Å²) in [4.78, 5) is 12.2. The molecule has 3 nitrogen and oxygen atoms in total. The molecule has 1 saturated carbocycles. The van der Waals surface area contributed by atoms with E-state index in [-0.39, 0.29) is 6.03 Å². The molecule has 2 rings (SSSR count). The highest BCUT2D eigenvalue weighted by Gasteiger charge is 2.12. The number of aryl methyl sites for hydroxylation is 1. The van der Waals surface area contributed by atoms with Crippen LogP contribution < -0.4 is 10.6 Å². The lowest BCUT2D eigenvalue weighted by atomic mass is 9.98. The highest BCUT2D eigenvalue weighted by Crippen LogP contribution is 2.17. The van der Waals surface area contributed by atoms with E-state index in [1.807, 2.05) is 6.07 Å². The van der Waals surface area contributed by atoms with Crippen molar-refractivity contribution in [3.63, 3.8) is 0 Å². The number of rotatable bonds is 3. The van der Waals surface area contributed by atoms with Crippen molar-refractivity contribution in [1.82, 2.24) is 10.6 Å². The van der Waals surface area contributed by atoms with Crippen LogP contribution in [0.3, 0.4) is 0 Å². The van der Waals surface area contributed by atoms with Crippen molar-refractivity contribution in [1.29, 1.82) is 0 Å². The summed E-state index contributed by atoms with van der Waals surface area (Å²) in [6.45, 7) is 2.68. The molecule has 134 valence electrons. The van der Waals surface area contributed by atoms with E-state index in [9.17, 15) is 4.79 Å². The van der Waals surface area contributed by atoms with Gasteiger partial charge in [0.2, 0.25) is 0 Å². The monoisotopic (exact) mass is 330 g/mol. The van der Waals surface area contributed by atoms with Gasteiger partial charge in [0.1, 0.15) is 0 Å². The van der Waals surface area contributed by atoms with Crippen molar-refractivity contribution in [3.8, 4) is 0 Å². The third-order valence-electron chi connectivity index (χ3n) is 4.98. The number of urea groups is 1. The van der Waals surface area contributed by atoms with E-state index in [1.54, 1.807) is 0 Å². The molecule has 1 aliphatic rings. The number of amides is 2. The van der Waals surface area contributed by atoms with E-state index in [0.29, 0.717) is 12.6 Å². The fraction of sp³-hybridized carbons (Fsp3) is 0.667. The Morgan fingerprint density at radius 3 is 2.12 bits per heavy atom. The normalized spacial score (nSPS) is 18.2. The summed E-state index contributed by atoms with van der Waals surface area (Å²) in [5, 5.41) is 6.22. The zero-order valence-corrected chi connectivity index (χ0v) is 15.3. The molecule has 0 atom stereocenters. The Balaban J connectivity index is 1.74. The molecule has 1 aliphatic carbocycles. The van der Waals surface area contributed by atoms with Crippen molar-refractivity contribution in [3.05, 3.63) is 35.4 Å². The maximum atomic E-state index is 12.2. The summed E-state index contributed by atoms with van der Waals surface area (Å²) in [7, 11) is 0. The molecular formula is C21H34N2O. The Morgan fingerprint density at radius 1 is 0.958 bits per heavy atom. The summed E-state index contributed by atoms with van der Waals surface area (Å²) in [5.74, 6) is 0. The van der Waals surface area contributed by atoms with Crippen molar-refractivity contribution < 1.29 is 4.79 Å². The second-order valence-electron chi connectivity index (χ2n) is 7.27. The third-order valence-corrected chi connectivity index (χ3v) is 4.98. The molecule has 0 heterocycles. The standard InChI is InChI=1S/C21H34N2O/c1-18-12-11-13-19(16-18)17-22-21(24)23-20-14-9-7-5-3-2-4-6-8-10-15-20/h11-13,16,20H,2-10,14-15,17H2,1H3,(H2,22,23,24). The second kappa shape index (κ2) is 11.1. The van der Waals surface area contributed by atoms with Crippen molar-refractivity contribution >= 4 is 6.03 Å². The fourth-order valence-corrected chi connectivity index (χ4v) is 3.55. The number of carbonyl (C=O) groups is 1. The molecule has 2 N–H and O–H groups in total. The maximum absolute atomic E-state index is 12.2. The Labute approximate surface area is 147 Å². The Morgan fingerprint density at radius 2 is 1.54 bits per heavy atom. The maximum Gasteiger partial charge on any atom is 0.315 e. The molecule has 0 radical (unpaired) electrons. The number of hydrogen-bond acceptors (Lipinski definition) is 1. The van der Waals surface area contributed by atoms with Crippen LogP contribution in [0, 0.1) is 6.92 Å². The minimum absolute atomic E-state index is 0.0198. The molecule has 24 heavy (non-hydrogen) atoms. The molecule has 0 saturated heterocycles. The predicted octanol–water partition coefficient (Wildman–Crippen LogP) is 5.47. The lowest BCUT2D eigenvalue weighted by Crippen LogP contribution is -2.41. The van der Waals surface area contributed by atoms with Crippen LogP contribution >= 0.6 is 0 Å². The summed E-state index contributed by atoms with van der Waals surface area (Å²) in [6.07, 6.45) is 14.2. The number of carbonyl (C=O) groups excluding carboxylic acids is 1. The molecule has 1 aromatic rings. The van der Waals surface area contributed by atoms with Crippen molar-refractivity contribution in [2.45, 2.75) is 90.1 Å².